The van der Waals surface area contributed by atoms with E-state index in [9.17, 15) is 44.3 Å². The summed E-state index contributed by atoms with van der Waals surface area (Å²) in [6.45, 7) is 0. The molecule has 33 heavy (non-hydrogen) atoms. The van der Waals surface area contributed by atoms with Crippen molar-refractivity contribution in [3.05, 3.63) is 71.5 Å². The Kier molecular flexibility index (Phi) is 6.04. The molecule has 0 atom stereocenters. The molecule has 0 aliphatic carbocycles. The number of rotatable bonds is 4. The predicted molar refractivity (Wildman–Crippen MR) is 94.6 cm³/mol. The Bertz CT molecular complexity index is 1130. The molecular formula is C19H10F9N3O2. The lowest BCUT2D eigenvalue weighted by Crippen LogP contribution is -2.17. The summed E-state index contributed by atoms with van der Waals surface area (Å²) in [6.07, 6.45) is -15.1. The molecule has 0 aliphatic heterocycles. The van der Waals surface area contributed by atoms with E-state index in [1.807, 2.05) is 0 Å². The molecule has 1 N–H and O–H groups in total. The number of hydrogen-bond acceptors (Lipinski definition) is 3. The topological polar surface area (TPSA) is 56.2 Å². The maximum atomic E-state index is 13.1. The number of halogens is 9. The standard InChI is InChI=1S/C19H10F9N3O2/c20-17(21,22)14-9-15(18(23,24)25)31(30-14)12-5-3-11(4-6-12)29-16(32)10-1-7-13(8-2-10)33-19(26,27)28/h1-9H,(H,29,32). The van der Waals surface area contributed by atoms with Crippen LogP contribution in [0.15, 0.2) is 54.6 Å². The second-order valence-electron chi connectivity index (χ2n) is 6.40. The lowest BCUT2D eigenvalue weighted by Gasteiger charge is -2.11. The van der Waals surface area contributed by atoms with Crippen molar-refractivity contribution in [2.24, 2.45) is 0 Å². The van der Waals surface area contributed by atoms with Crippen molar-refractivity contribution in [3.63, 3.8) is 0 Å². The van der Waals surface area contributed by atoms with Gasteiger partial charge in [0.15, 0.2) is 5.69 Å². The fourth-order valence-corrected chi connectivity index (χ4v) is 2.62. The van der Waals surface area contributed by atoms with Crippen molar-refractivity contribution in [3.8, 4) is 11.4 Å². The van der Waals surface area contributed by atoms with E-state index in [1.54, 1.807) is 0 Å². The van der Waals surface area contributed by atoms with Gasteiger partial charge >= 0.3 is 18.7 Å². The molecule has 1 aromatic heterocycles. The first-order valence-corrected chi connectivity index (χ1v) is 8.65. The number of ether oxygens (including phenoxy) is 1. The van der Waals surface area contributed by atoms with Crippen LogP contribution in [0.3, 0.4) is 0 Å². The molecule has 5 nitrogen and oxygen atoms in total. The third kappa shape index (κ3) is 5.96. The van der Waals surface area contributed by atoms with Gasteiger partial charge in [-0.15, -0.1) is 13.2 Å². The zero-order valence-electron chi connectivity index (χ0n) is 15.8. The van der Waals surface area contributed by atoms with Crippen LogP contribution < -0.4 is 10.1 Å². The largest absolute Gasteiger partial charge is 0.573 e. The van der Waals surface area contributed by atoms with Crippen molar-refractivity contribution >= 4 is 11.6 Å². The fraction of sp³-hybridized carbons (Fsp3) is 0.158. The molecule has 0 unspecified atom stereocenters. The van der Waals surface area contributed by atoms with Crippen molar-refractivity contribution in [1.29, 1.82) is 0 Å². The van der Waals surface area contributed by atoms with Crippen LogP contribution in [0, 0.1) is 0 Å². The molecular weight excluding hydrogens is 473 g/mol. The van der Waals surface area contributed by atoms with Gasteiger partial charge in [0, 0.05) is 17.3 Å². The molecule has 2 aromatic carbocycles. The molecule has 0 bridgehead atoms. The summed E-state index contributed by atoms with van der Waals surface area (Å²) in [6, 6.07) is 8.00. The highest BCUT2D eigenvalue weighted by molar-refractivity contribution is 6.04. The van der Waals surface area contributed by atoms with Gasteiger partial charge < -0.3 is 10.1 Å². The van der Waals surface area contributed by atoms with Crippen LogP contribution in [-0.4, -0.2) is 22.1 Å². The Hall–Kier alpha value is -3.71. The lowest BCUT2D eigenvalue weighted by atomic mass is 10.2. The van der Waals surface area contributed by atoms with Crippen LogP contribution >= 0.6 is 0 Å². The molecule has 0 saturated carbocycles. The number of alkyl halides is 9. The van der Waals surface area contributed by atoms with Crippen LogP contribution in [0.4, 0.5) is 45.2 Å². The van der Waals surface area contributed by atoms with Crippen molar-refractivity contribution < 1.29 is 49.0 Å². The maximum absolute atomic E-state index is 13.1. The maximum Gasteiger partial charge on any atom is 0.573 e. The molecule has 3 rings (SSSR count). The Morgan fingerprint density at radius 2 is 1.39 bits per heavy atom. The quantitative estimate of drug-likeness (QED) is 0.459. The lowest BCUT2D eigenvalue weighted by molar-refractivity contribution is -0.274. The van der Waals surface area contributed by atoms with Crippen LogP contribution in [0.5, 0.6) is 5.75 Å². The van der Waals surface area contributed by atoms with E-state index in [-0.39, 0.29) is 27.7 Å². The van der Waals surface area contributed by atoms with Gasteiger partial charge in [0.2, 0.25) is 0 Å². The van der Waals surface area contributed by atoms with Crippen LogP contribution in [-0.2, 0) is 12.4 Å². The number of benzene rings is 2. The molecule has 1 amide bonds. The van der Waals surface area contributed by atoms with Gasteiger partial charge in [-0.25, -0.2) is 4.68 Å². The number of anilines is 1. The number of carbonyl (C=O) groups is 1. The molecule has 14 heteroatoms. The van der Waals surface area contributed by atoms with E-state index in [1.165, 1.54) is 0 Å². The minimum Gasteiger partial charge on any atom is -0.406 e. The minimum atomic E-state index is -5.12. The summed E-state index contributed by atoms with van der Waals surface area (Å²) in [5.74, 6) is -1.32. The summed E-state index contributed by atoms with van der Waals surface area (Å²) in [5.41, 5.74) is -3.74. The van der Waals surface area contributed by atoms with Crippen LogP contribution in [0.1, 0.15) is 21.7 Å². The van der Waals surface area contributed by atoms with Gasteiger partial charge in [0.1, 0.15) is 11.4 Å². The molecule has 0 radical (unpaired) electrons. The SMILES string of the molecule is O=C(Nc1ccc(-n2nc(C(F)(F)F)cc2C(F)(F)F)cc1)c1ccc(OC(F)(F)F)cc1. The first kappa shape index (κ1) is 23.9. The van der Waals surface area contributed by atoms with E-state index in [4.69, 9.17) is 0 Å². The first-order valence-electron chi connectivity index (χ1n) is 8.65. The second kappa shape index (κ2) is 8.33. The monoisotopic (exact) mass is 483 g/mol. The summed E-state index contributed by atoms with van der Waals surface area (Å²) >= 11 is 0. The third-order valence-corrected chi connectivity index (χ3v) is 4.01. The average molecular weight is 483 g/mol. The summed E-state index contributed by atoms with van der Waals surface area (Å²) in [4.78, 5) is 12.2. The highest BCUT2D eigenvalue weighted by Gasteiger charge is 2.42. The van der Waals surface area contributed by atoms with Crippen LogP contribution in [0.2, 0.25) is 0 Å². The number of nitrogens with one attached hydrogen (secondary N) is 1. The second-order valence-corrected chi connectivity index (χ2v) is 6.40. The molecule has 176 valence electrons. The Morgan fingerprint density at radius 3 is 1.88 bits per heavy atom. The number of hydrogen-bond donors (Lipinski definition) is 1. The highest BCUT2D eigenvalue weighted by atomic mass is 19.4. The smallest absolute Gasteiger partial charge is 0.406 e. The number of nitrogens with zero attached hydrogens (tertiary/aromatic N) is 2. The van der Waals surface area contributed by atoms with E-state index >= 15 is 0 Å². The van der Waals surface area contributed by atoms with E-state index < -0.39 is 41.8 Å². The van der Waals surface area contributed by atoms with Gasteiger partial charge in [-0.3, -0.25) is 4.79 Å². The Morgan fingerprint density at radius 1 is 0.818 bits per heavy atom. The zero-order valence-corrected chi connectivity index (χ0v) is 15.8. The van der Waals surface area contributed by atoms with Crippen molar-refractivity contribution in [2.75, 3.05) is 5.32 Å². The van der Waals surface area contributed by atoms with Gasteiger partial charge in [-0.1, -0.05) is 0 Å². The summed E-state index contributed by atoms with van der Waals surface area (Å²) in [7, 11) is 0. The first-order chi connectivity index (χ1) is 15.1. The highest BCUT2D eigenvalue weighted by Crippen LogP contribution is 2.36. The number of aromatic nitrogens is 2. The zero-order chi connectivity index (χ0) is 24.6. The Labute approximate surface area is 178 Å². The number of carbonyl (C=O) groups excluding carboxylic acids is 1. The van der Waals surface area contributed by atoms with E-state index in [0.29, 0.717) is 0 Å². The van der Waals surface area contributed by atoms with E-state index in [2.05, 4.69) is 15.2 Å². The van der Waals surface area contributed by atoms with E-state index in [0.717, 1.165) is 48.5 Å². The fourth-order valence-electron chi connectivity index (χ4n) is 2.62. The molecule has 0 saturated heterocycles. The third-order valence-electron chi connectivity index (χ3n) is 4.01. The number of amides is 1. The summed E-state index contributed by atoms with van der Waals surface area (Å²) in [5, 5.41) is 5.33. The molecule has 1 heterocycles. The Balaban J connectivity index is 1.78. The van der Waals surface area contributed by atoms with Gasteiger partial charge in [0.05, 0.1) is 5.69 Å². The van der Waals surface area contributed by atoms with Crippen molar-refractivity contribution in [2.45, 2.75) is 18.7 Å². The van der Waals surface area contributed by atoms with Crippen LogP contribution in [0.25, 0.3) is 5.69 Å². The summed E-state index contributed by atoms with van der Waals surface area (Å²) < 4.78 is 118. The minimum absolute atomic E-state index is 0.0520. The average Bonchev–Trinajstić information content (AvgIpc) is 3.14. The van der Waals surface area contributed by atoms with Gasteiger partial charge in [-0.2, -0.15) is 31.4 Å². The molecule has 0 spiro atoms. The normalized spacial score (nSPS) is 12.5. The van der Waals surface area contributed by atoms with Crippen molar-refractivity contribution in [1.82, 2.24) is 9.78 Å². The molecule has 3 aromatic rings. The molecule has 0 aliphatic rings. The molecule has 0 fully saturated rings. The predicted octanol–water partition coefficient (Wildman–Crippen LogP) is 6.06. The van der Waals surface area contributed by atoms with Gasteiger partial charge in [-0.05, 0) is 48.5 Å². The van der Waals surface area contributed by atoms with Gasteiger partial charge in [0.25, 0.3) is 5.91 Å².